The molecule has 0 spiro atoms. The second-order valence-electron chi connectivity index (χ2n) is 5.71. The highest BCUT2D eigenvalue weighted by molar-refractivity contribution is 5.82. The molecule has 19 heavy (non-hydrogen) atoms. The van der Waals surface area contributed by atoms with Gasteiger partial charge in [-0.25, -0.2) is 0 Å². The van der Waals surface area contributed by atoms with Gasteiger partial charge in [0.05, 0.1) is 18.2 Å². The van der Waals surface area contributed by atoms with Crippen LogP contribution in [0.2, 0.25) is 0 Å². The lowest BCUT2D eigenvalue weighted by atomic mass is 9.80. The van der Waals surface area contributed by atoms with Crippen molar-refractivity contribution in [2.75, 3.05) is 20.1 Å². The third kappa shape index (κ3) is 2.59. The highest BCUT2D eigenvalue weighted by atomic mass is 16.3. The van der Waals surface area contributed by atoms with Crippen LogP contribution in [0.1, 0.15) is 30.9 Å². The SMILES string of the molecule is CN(CC1(O)CCC1)C1=NCC(c2ccccc2)N1. The molecule has 1 fully saturated rings. The Balaban J connectivity index is 1.59. The molecule has 4 nitrogen and oxygen atoms in total. The first-order chi connectivity index (χ1) is 9.16. The van der Waals surface area contributed by atoms with E-state index in [0.717, 1.165) is 31.8 Å². The molecule has 3 rings (SSSR count). The van der Waals surface area contributed by atoms with Crippen LogP contribution in [0.4, 0.5) is 0 Å². The zero-order valence-electron chi connectivity index (χ0n) is 11.3. The van der Waals surface area contributed by atoms with E-state index in [0.29, 0.717) is 6.54 Å². The Kier molecular flexibility index (Phi) is 3.19. The van der Waals surface area contributed by atoms with Gasteiger partial charge in [-0.15, -0.1) is 0 Å². The van der Waals surface area contributed by atoms with E-state index in [4.69, 9.17) is 0 Å². The monoisotopic (exact) mass is 259 g/mol. The lowest BCUT2D eigenvalue weighted by Gasteiger charge is -2.40. The number of guanidine groups is 1. The predicted octanol–water partition coefficient (Wildman–Crippen LogP) is 1.53. The molecule has 0 saturated heterocycles. The summed E-state index contributed by atoms with van der Waals surface area (Å²) in [5.41, 5.74) is 0.765. The van der Waals surface area contributed by atoms with Crippen molar-refractivity contribution in [2.24, 2.45) is 4.99 Å². The van der Waals surface area contributed by atoms with Crippen LogP contribution < -0.4 is 5.32 Å². The molecule has 4 heteroatoms. The van der Waals surface area contributed by atoms with Gasteiger partial charge in [0, 0.05) is 13.6 Å². The number of rotatable bonds is 3. The molecule has 1 unspecified atom stereocenters. The third-order valence-corrected chi connectivity index (χ3v) is 4.11. The van der Waals surface area contributed by atoms with Gasteiger partial charge in [-0.3, -0.25) is 4.99 Å². The Labute approximate surface area is 114 Å². The molecule has 1 saturated carbocycles. The fourth-order valence-electron chi connectivity index (χ4n) is 2.79. The highest BCUT2D eigenvalue weighted by Crippen LogP contribution is 2.32. The van der Waals surface area contributed by atoms with Gasteiger partial charge in [0.2, 0.25) is 0 Å². The van der Waals surface area contributed by atoms with Crippen LogP contribution in [0, 0.1) is 0 Å². The van der Waals surface area contributed by atoms with Crippen LogP contribution in [-0.4, -0.2) is 41.7 Å². The Morgan fingerprint density at radius 1 is 1.37 bits per heavy atom. The maximum absolute atomic E-state index is 10.2. The summed E-state index contributed by atoms with van der Waals surface area (Å²) in [7, 11) is 2.00. The van der Waals surface area contributed by atoms with E-state index in [1.54, 1.807) is 0 Å². The smallest absolute Gasteiger partial charge is 0.194 e. The van der Waals surface area contributed by atoms with Crippen LogP contribution in [0.3, 0.4) is 0 Å². The molecule has 1 aliphatic heterocycles. The summed E-state index contributed by atoms with van der Waals surface area (Å²) in [5, 5.41) is 13.6. The van der Waals surface area contributed by atoms with Crippen LogP contribution in [0.25, 0.3) is 0 Å². The van der Waals surface area contributed by atoms with E-state index in [-0.39, 0.29) is 6.04 Å². The van der Waals surface area contributed by atoms with Crippen molar-refractivity contribution in [1.82, 2.24) is 10.2 Å². The normalized spacial score (nSPS) is 24.3. The summed E-state index contributed by atoms with van der Waals surface area (Å²) in [6.45, 7) is 1.43. The predicted molar refractivity (Wildman–Crippen MR) is 76.1 cm³/mol. The first kappa shape index (κ1) is 12.5. The molecular formula is C15H21N3O. The minimum atomic E-state index is -0.496. The van der Waals surface area contributed by atoms with E-state index >= 15 is 0 Å². The molecule has 1 aromatic rings. The van der Waals surface area contributed by atoms with Crippen LogP contribution >= 0.6 is 0 Å². The largest absolute Gasteiger partial charge is 0.388 e. The number of nitrogens with zero attached hydrogens (tertiary/aromatic N) is 2. The van der Waals surface area contributed by atoms with Gasteiger partial charge in [0.15, 0.2) is 5.96 Å². The molecule has 102 valence electrons. The van der Waals surface area contributed by atoms with Crippen molar-refractivity contribution >= 4 is 5.96 Å². The Hall–Kier alpha value is -1.55. The fourth-order valence-corrected chi connectivity index (χ4v) is 2.79. The summed E-state index contributed by atoms with van der Waals surface area (Å²) in [6, 6.07) is 10.6. The van der Waals surface area contributed by atoms with Crippen molar-refractivity contribution in [1.29, 1.82) is 0 Å². The van der Waals surface area contributed by atoms with Gasteiger partial charge >= 0.3 is 0 Å². The van der Waals surface area contributed by atoms with E-state index in [9.17, 15) is 5.11 Å². The highest BCUT2D eigenvalue weighted by Gasteiger charge is 2.36. The molecule has 0 amide bonds. The van der Waals surface area contributed by atoms with Crippen LogP contribution in [-0.2, 0) is 0 Å². The van der Waals surface area contributed by atoms with Gasteiger partial charge in [0.1, 0.15) is 0 Å². The van der Waals surface area contributed by atoms with E-state index < -0.39 is 5.60 Å². The first-order valence-electron chi connectivity index (χ1n) is 6.96. The summed E-state index contributed by atoms with van der Waals surface area (Å²) >= 11 is 0. The Bertz CT molecular complexity index is 468. The second kappa shape index (κ2) is 4.85. The number of benzene rings is 1. The topological polar surface area (TPSA) is 47.9 Å². The molecular weight excluding hydrogens is 238 g/mol. The van der Waals surface area contributed by atoms with Gasteiger partial charge in [-0.2, -0.15) is 0 Å². The lowest BCUT2D eigenvalue weighted by Crippen LogP contribution is -2.50. The molecule has 1 heterocycles. The van der Waals surface area contributed by atoms with Gasteiger partial charge in [-0.05, 0) is 24.8 Å². The number of nitrogens with one attached hydrogen (secondary N) is 1. The molecule has 1 atom stereocenters. The maximum Gasteiger partial charge on any atom is 0.194 e. The first-order valence-corrected chi connectivity index (χ1v) is 6.96. The molecule has 1 aromatic carbocycles. The fraction of sp³-hybridized carbons (Fsp3) is 0.533. The van der Waals surface area contributed by atoms with E-state index in [2.05, 4.69) is 34.6 Å². The quantitative estimate of drug-likeness (QED) is 0.865. The minimum Gasteiger partial charge on any atom is -0.388 e. The van der Waals surface area contributed by atoms with Crippen LogP contribution in [0.15, 0.2) is 35.3 Å². The van der Waals surface area contributed by atoms with Crippen molar-refractivity contribution in [3.63, 3.8) is 0 Å². The summed E-state index contributed by atoms with van der Waals surface area (Å²) < 4.78 is 0. The minimum absolute atomic E-state index is 0.259. The standard InChI is InChI=1S/C15H21N3O/c1-18(11-15(19)8-5-9-15)14-16-10-13(17-14)12-6-3-2-4-7-12/h2-4,6-7,13,19H,5,8-11H2,1H3,(H,16,17). The molecule has 2 aliphatic rings. The zero-order valence-corrected chi connectivity index (χ0v) is 11.3. The lowest BCUT2D eigenvalue weighted by molar-refractivity contribution is -0.0446. The van der Waals surface area contributed by atoms with E-state index in [1.807, 2.05) is 18.0 Å². The average molecular weight is 259 g/mol. The molecule has 0 aromatic heterocycles. The van der Waals surface area contributed by atoms with Crippen molar-refractivity contribution in [2.45, 2.75) is 30.9 Å². The summed E-state index contributed by atoms with van der Waals surface area (Å²) in [6.07, 6.45) is 2.95. The molecule has 0 radical (unpaired) electrons. The van der Waals surface area contributed by atoms with Crippen molar-refractivity contribution in [3.8, 4) is 0 Å². The Morgan fingerprint density at radius 3 is 2.74 bits per heavy atom. The van der Waals surface area contributed by atoms with Gasteiger partial charge in [0.25, 0.3) is 0 Å². The number of hydrogen-bond acceptors (Lipinski definition) is 4. The number of hydrogen-bond donors (Lipinski definition) is 2. The molecule has 0 bridgehead atoms. The van der Waals surface area contributed by atoms with Crippen molar-refractivity contribution < 1.29 is 5.11 Å². The summed E-state index contributed by atoms with van der Waals surface area (Å²) in [5.74, 6) is 0.897. The van der Waals surface area contributed by atoms with Crippen LogP contribution in [0.5, 0.6) is 0 Å². The second-order valence-corrected chi connectivity index (χ2v) is 5.71. The van der Waals surface area contributed by atoms with Gasteiger partial charge < -0.3 is 15.3 Å². The third-order valence-electron chi connectivity index (χ3n) is 4.11. The summed E-state index contributed by atoms with van der Waals surface area (Å²) in [4.78, 5) is 6.60. The average Bonchev–Trinajstić information content (AvgIpc) is 2.87. The molecule has 2 N–H and O–H groups in total. The number of likely N-dealkylation sites (N-methyl/N-ethyl adjacent to an activating group) is 1. The Morgan fingerprint density at radius 2 is 2.11 bits per heavy atom. The van der Waals surface area contributed by atoms with Crippen molar-refractivity contribution in [3.05, 3.63) is 35.9 Å². The molecule has 1 aliphatic carbocycles. The number of aliphatic imine (C=N–C) groups is 1. The maximum atomic E-state index is 10.2. The number of aliphatic hydroxyl groups is 1. The zero-order chi connectivity index (χ0) is 13.3. The van der Waals surface area contributed by atoms with Gasteiger partial charge in [-0.1, -0.05) is 30.3 Å². The van der Waals surface area contributed by atoms with E-state index in [1.165, 1.54) is 5.56 Å².